The van der Waals surface area contributed by atoms with E-state index in [9.17, 15) is 25.9 Å². The first-order valence-electron chi connectivity index (χ1n) is 6.44. The van der Waals surface area contributed by atoms with Gasteiger partial charge in [0.1, 0.15) is 9.79 Å². The number of halogens is 6. The maximum absolute atomic E-state index is 11.5. The smallest absolute Gasteiger partial charge is 0.282 e. The highest BCUT2D eigenvalue weighted by molar-refractivity contribution is 7.86. The van der Waals surface area contributed by atoms with E-state index in [-0.39, 0.29) is 31.2 Å². The van der Waals surface area contributed by atoms with Crippen LogP contribution in [0.3, 0.4) is 0 Å². The molecule has 0 saturated carbocycles. The maximum Gasteiger partial charge on any atom is 0.296 e. The van der Waals surface area contributed by atoms with E-state index in [1.807, 2.05) is 0 Å². The molecule has 2 aromatic rings. The molecule has 0 heterocycles. The number of rotatable bonds is 4. The number of hydrogen-bond donors (Lipinski definition) is 2. The molecule has 0 aromatic heterocycles. The van der Waals surface area contributed by atoms with E-state index in [0.717, 1.165) is 12.1 Å². The Labute approximate surface area is 184 Å². The Kier molecular flexibility index (Phi) is 6.92. The van der Waals surface area contributed by atoms with Gasteiger partial charge < -0.3 is 0 Å². The van der Waals surface area contributed by atoms with Gasteiger partial charge in [-0.1, -0.05) is 69.6 Å². The van der Waals surface area contributed by atoms with Gasteiger partial charge in [0.2, 0.25) is 0 Å². The molecular weight excluding hydrogens is 529 g/mol. The molecule has 0 radical (unpaired) electrons. The van der Waals surface area contributed by atoms with Crippen molar-refractivity contribution in [2.75, 3.05) is 0 Å². The van der Waals surface area contributed by atoms with Crippen molar-refractivity contribution in [1.29, 1.82) is 0 Å². The fourth-order valence-electron chi connectivity index (χ4n) is 2.12. The standard InChI is InChI=1S/C13H6Cl6O6S2/c14-6-2-8(26(20,21)22)12(18)4(10(6)16)1-5-11(17)7(15)3-9(13(5)19)27(23,24)25/h2-3H,1H2,(H,20,21,22)(H,23,24,25). The van der Waals surface area contributed by atoms with Crippen LogP contribution in [0.25, 0.3) is 0 Å². The summed E-state index contributed by atoms with van der Waals surface area (Å²) >= 11 is 35.9. The fraction of sp³-hybridized carbons (Fsp3) is 0.0769. The molecule has 2 aromatic carbocycles. The van der Waals surface area contributed by atoms with Crippen LogP contribution in [-0.2, 0) is 26.7 Å². The minimum Gasteiger partial charge on any atom is -0.282 e. The third-order valence-electron chi connectivity index (χ3n) is 3.34. The Balaban J connectivity index is 2.83. The predicted octanol–water partition coefficient (Wildman–Crippen LogP) is 5.69. The molecule has 14 heteroatoms. The van der Waals surface area contributed by atoms with Crippen molar-refractivity contribution in [2.24, 2.45) is 0 Å². The summed E-state index contributed by atoms with van der Waals surface area (Å²) in [5, 5.41) is -1.84. The molecule has 0 saturated heterocycles. The molecular formula is C13H6Cl6O6S2. The van der Waals surface area contributed by atoms with Gasteiger partial charge in [-0.2, -0.15) is 16.8 Å². The van der Waals surface area contributed by atoms with Crippen molar-refractivity contribution in [3.63, 3.8) is 0 Å². The minimum absolute atomic E-state index is 0.120. The number of benzene rings is 2. The summed E-state index contributed by atoms with van der Waals surface area (Å²) < 4.78 is 64.5. The van der Waals surface area contributed by atoms with Crippen LogP contribution in [0.1, 0.15) is 11.1 Å². The lowest BCUT2D eigenvalue weighted by molar-refractivity contribution is 0.481. The van der Waals surface area contributed by atoms with Gasteiger partial charge >= 0.3 is 0 Å². The van der Waals surface area contributed by atoms with E-state index in [1.54, 1.807) is 0 Å². The highest BCUT2D eigenvalue weighted by Gasteiger charge is 2.27. The van der Waals surface area contributed by atoms with Gasteiger partial charge in [0.05, 0.1) is 30.1 Å². The zero-order valence-electron chi connectivity index (χ0n) is 12.5. The second-order valence-electron chi connectivity index (χ2n) is 5.05. The van der Waals surface area contributed by atoms with E-state index >= 15 is 0 Å². The molecule has 0 amide bonds. The Morgan fingerprint density at radius 1 is 0.630 bits per heavy atom. The average molecular weight is 535 g/mol. The van der Waals surface area contributed by atoms with Crippen LogP contribution < -0.4 is 0 Å². The lowest BCUT2D eigenvalue weighted by atomic mass is 10.0. The summed E-state index contributed by atoms with van der Waals surface area (Å²) in [5.74, 6) is 0. The largest absolute Gasteiger partial charge is 0.296 e. The molecule has 0 unspecified atom stereocenters. The quantitative estimate of drug-likeness (QED) is 0.385. The second-order valence-corrected chi connectivity index (χ2v) is 10.2. The third kappa shape index (κ3) is 4.78. The van der Waals surface area contributed by atoms with Crippen LogP contribution in [0.5, 0.6) is 0 Å². The minimum atomic E-state index is -4.75. The molecule has 2 rings (SSSR count). The molecule has 0 aliphatic heterocycles. The van der Waals surface area contributed by atoms with Crippen LogP contribution in [0.2, 0.25) is 30.1 Å². The summed E-state index contributed by atoms with van der Waals surface area (Å²) in [6.07, 6.45) is -0.415. The molecule has 0 atom stereocenters. The Morgan fingerprint density at radius 2 is 0.926 bits per heavy atom. The van der Waals surface area contributed by atoms with Crippen molar-refractivity contribution < 1.29 is 25.9 Å². The molecule has 0 aliphatic carbocycles. The lowest BCUT2D eigenvalue weighted by Crippen LogP contribution is -2.06. The third-order valence-corrected chi connectivity index (χ3v) is 7.83. The molecule has 2 N–H and O–H groups in total. The number of hydrogen-bond acceptors (Lipinski definition) is 4. The van der Waals surface area contributed by atoms with Gasteiger partial charge in [0.25, 0.3) is 20.2 Å². The Morgan fingerprint density at radius 3 is 1.19 bits per heavy atom. The maximum atomic E-state index is 11.5. The highest BCUT2D eigenvalue weighted by atomic mass is 35.5. The summed E-state index contributed by atoms with van der Waals surface area (Å²) in [6, 6.07) is 1.69. The van der Waals surface area contributed by atoms with Crippen molar-refractivity contribution >= 4 is 89.8 Å². The summed E-state index contributed by atoms with van der Waals surface area (Å²) in [5.41, 5.74) is -0.239. The van der Waals surface area contributed by atoms with Gasteiger partial charge in [0.15, 0.2) is 0 Å². The first kappa shape index (κ1) is 23.3. The van der Waals surface area contributed by atoms with Crippen molar-refractivity contribution in [3.05, 3.63) is 53.4 Å². The van der Waals surface area contributed by atoms with Crippen molar-refractivity contribution in [2.45, 2.75) is 16.2 Å². The SMILES string of the molecule is O=S(=O)(O)c1cc(Cl)c(Cl)c(Cc2c(Cl)c(Cl)cc(S(=O)(=O)O)c2Cl)c1Cl. The van der Waals surface area contributed by atoms with Crippen molar-refractivity contribution in [3.8, 4) is 0 Å². The first-order chi connectivity index (χ1) is 12.2. The van der Waals surface area contributed by atoms with Crippen LogP contribution in [-0.4, -0.2) is 25.9 Å². The molecule has 148 valence electrons. The lowest BCUT2D eigenvalue weighted by Gasteiger charge is -2.16. The summed E-state index contributed by atoms with van der Waals surface area (Å²) in [4.78, 5) is -1.45. The molecule has 0 bridgehead atoms. The molecule has 0 fully saturated rings. The Hall–Kier alpha value is -0.000000000000000278. The van der Waals surface area contributed by atoms with Gasteiger partial charge in [-0.25, -0.2) is 0 Å². The second kappa shape index (κ2) is 8.02. The van der Waals surface area contributed by atoms with Crippen LogP contribution in [0, 0.1) is 0 Å². The molecule has 27 heavy (non-hydrogen) atoms. The molecule has 0 spiro atoms. The van der Waals surface area contributed by atoms with Gasteiger partial charge in [-0.3, -0.25) is 9.11 Å². The fourth-order valence-corrected chi connectivity index (χ4v) is 5.48. The highest BCUT2D eigenvalue weighted by Crippen LogP contribution is 2.42. The predicted molar refractivity (Wildman–Crippen MR) is 105 cm³/mol. The van der Waals surface area contributed by atoms with Gasteiger partial charge in [-0.05, 0) is 23.3 Å². The van der Waals surface area contributed by atoms with Gasteiger partial charge in [-0.15, -0.1) is 0 Å². The van der Waals surface area contributed by atoms with Crippen LogP contribution in [0.4, 0.5) is 0 Å². The van der Waals surface area contributed by atoms with Gasteiger partial charge in [0, 0.05) is 6.42 Å². The average Bonchev–Trinajstić information content (AvgIpc) is 2.51. The van der Waals surface area contributed by atoms with E-state index in [1.165, 1.54) is 0 Å². The van der Waals surface area contributed by atoms with Crippen molar-refractivity contribution in [1.82, 2.24) is 0 Å². The van der Waals surface area contributed by atoms with E-state index in [0.29, 0.717) is 0 Å². The monoisotopic (exact) mass is 532 g/mol. The van der Waals surface area contributed by atoms with E-state index in [2.05, 4.69) is 0 Å². The molecule has 6 nitrogen and oxygen atoms in total. The molecule has 0 aliphatic rings. The zero-order valence-corrected chi connectivity index (χ0v) is 18.6. The topological polar surface area (TPSA) is 109 Å². The first-order valence-corrected chi connectivity index (χ1v) is 11.6. The van der Waals surface area contributed by atoms with E-state index < -0.39 is 46.5 Å². The van der Waals surface area contributed by atoms with Crippen LogP contribution >= 0.6 is 69.6 Å². The normalized spacial score (nSPS) is 12.4. The summed E-state index contributed by atoms with van der Waals surface area (Å²) in [7, 11) is -9.50. The zero-order chi connectivity index (χ0) is 20.9. The van der Waals surface area contributed by atoms with Crippen LogP contribution in [0.15, 0.2) is 21.9 Å². The summed E-state index contributed by atoms with van der Waals surface area (Å²) in [6.45, 7) is 0. The van der Waals surface area contributed by atoms with E-state index in [4.69, 9.17) is 69.6 Å². The Bertz CT molecular complexity index is 1070.